The summed E-state index contributed by atoms with van der Waals surface area (Å²) in [5.74, 6) is -0.00577. The number of aromatic nitrogens is 2. The molecule has 4 nitrogen and oxygen atoms in total. The maximum absolute atomic E-state index is 11.7. The molecule has 0 atom stereocenters. The van der Waals surface area contributed by atoms with Crippen molar-refractivity contribution in [1.29, 1.82) is 0 Å². The fraction of sp³-hybridized carbons (Fsp3) is 0.692. The second-order valence-electron chi connectivity index (χ2n) is 4.55. The van der Waals surface area contributed by atoms with Gasteiger partial charge in [0, 0.05) is 6.54 Å². The molecule has 0 spiro atoms. The van der Waals surface area contributed by atoms with E-state index in [1.165, 1.54) is 19.3 Å². The molecule has 0 unspecified atom stereocenters. The zero-order chi connectivity index (χ0) is 13.5. The van der Waals surface area contributed by atoms with Crippen molar-refractivity contribution in [1.82, 2.24) is 15.1 Å². The Morgan fingerprint density at radius 3 is 2.61 bits per heavy atom. The molecule has 5 heteroatoms. The number of rotatable bonds is 7. The van der Waals surface area contributed by atoms with Gasteiger partial charge in [0.1, 0.15) is 6.54 Å². The van der Waals surface area contributed by atoms with Gasteiger partial charge in [0.15, 0.2) is 0 Å². The molecule has 1 N–H and O–H groups in total. The van der Waals surface area contributed by atoms with Gasteiger partial charge >= 0.3 is 0 Å². The topological polar surface area (TPSA) is 46.9 Å². The van der Waals surface area contributed by atoms with Crippen LogP contribution in [0.2, 0.25) is 5.02 Å². The van der Waals surface area contributed by atoms with Gasteiger partial charge < -0.3 is 5.32 Å². The summed E-state index contributed by atoms with van der Waals surface area (Å²) < 4.78 is 1.65. The van der Waals surface area contributed by atoms with Crippen LogP contribution in [0.15, 0.2) is 0 Å². The van der Waals surface area contributed by atoms with E-state index in [0.29, 0.717) is 5.02 Å². The van der Waals surface area contributed by atoms with E-state index in [4.69, 9.17) is 11.6 Å². The third kappa shape index (κ3) is 4.33. The molecular formula is C13H22ClN3O. The molecule has 18 heavy (non-hydrogen) atoms. The summed E-state index contributed by atoms with van der Waals surface area (Å²) in [6.45, 7) is 6.87. The highest BCUT2D eigenvalue weighted by Gasteiger charge is 2.11. The highest BCUT2D eigenvalue weighted by atomic mass is 35.5. The molecule has 0 aliphatic rings. The van der Waals surface area contributed by atoms with Gasteiger partial charge in [-0.15, -0.1) is 0 Å². The summed E-state index contributed by atoms with van der Waals surface area (Å²) in [6.07, 6.45) is 4.64. The highest BCUT2D eigenvalue weighted by molar-refractivity contribution is 6.31. The zero-order valence-electron chi connectivity index (χ0n) is 11.4. The molecule has 0 aliphatic heterocycles. The van der Waals surface area contributed by atoms with E-state index in [-0.39, 0.29) is 12.5 Å². The summed E-state index contributed by atoms with van der Waals surface area (Å²) in [4.78, 5) is 11.7. The molecule has 0 fully saturated rings. The Bertz CT molecular complexity index is 401. The predicted molar refractivity (Wildman–Crippen MR) is 73.9 cm³/mol. The van der Waals surface area contributed by atoms with Crippen molar-refractivity contribution >= 4 is 17.5 Å². The van der Waals surface area contributed by atoms with Crippen molar-refractivity contribution in [3.8, 4) is 0 Å². The second kappa shape index (κ2) is 7.41. The molecule has 1 aromatic heterocycles. The Kier molecular flexibility index (Phi) is 6.19. The van der Waals surface area contributed by atoms with Crippen molar-refractivity contribution in [2.24, 2.45) is 0 Å². The number of hydrogen-bond acceptors (Lipinski definition) is 2. The van der Waals surface area contributed by atoms with E-state index in [2.05, 4.69) is 17.3 Å². The van der Waals surface area contributed by atoms with E-state index >= 15 is 0 Å². The summed E-state index contributed by atoms with van der Waals surface area (Å²) in [7, 11) is 0. The summed E-state index contributed by atoms with van der Waals surface area (Å²) in [6, 6.07) is 0. The lowest BCUT2D eigenvalue weighted by Gasteiger charge is -2.06. The molecule has 1 heterocycles. The first kappa shape index (κ1) is 15.0. The first-order chi connectivity index (χ1) is 8.56. The van der Waals surface area contributed by atoms with Crippen LogP contribution in [-0.2, 0) is 11.3 Å². The van der Waals surface area contributed by atoms with Crippen LogP contribution in [0, 0.1) is 13.8 Å². The molecule has 0 aromatic carbocycles. The van der Waals surface area contributed by atoms with Gasteiger partial charge in [-0.3, -0.25) is 9.48 Å². The lowest BCUT2D eigenvalue weighted by Crippen LogP contribution is -2.29. The number of carbonyl (C=O) groups excluding carboxylic acids is 1. The smallest absolute Gasteiger partial charge is 0.241 e. The van der Waals surface area contributed by atoms with Gasteiger partial charge in [-0.05, 0) is 20.3 Å². The number of halogens is 1. The van der Waals surface area contributed by atoms with Crippen LogP contribution in [-0.4, -0.2) is 22.2 Å². The van der Waals surface area contributed by atoms with Gasteiger partial charge in [-0.2, -0.15) is 5.10 Å². The summed E-state index contributed by atoms with van der Waals surface area (Å²) in [5, 5.41) is 7.78. The average Bonchev–Trinajstić information content (AvgIpc) is 2.57. The Morgan fingerprint density at radius 1 is 1.33 bits per heavy atom. The van der Waals surface area contributed by atoms with Gasteiger partial charge in [0.25, 0.3) is 0 Å². The van der Waals surface area contributed by atoms with Crippen LogP contribution in [0.5, 0.6) is 0 Å². The van der Waals surface area contributed by atoms with Gasteiger partial charge in [-0.1, -0.05) is 37.8 Å². The Hall–Kier alpha value is -1.03. The monoisotopic (exact) mass is 271 g/mol. The van der Waals surface area contributed by atoms with Crippen LogP contribution >= 0.6 is 11.6 Å². The van der Waals surface area contributed by atoms with Crippen molar-refractivity contribution in [2.75, 3.05) is 6.54 Å². The molecule has 0 saturated heterocycles. The Balaban J connectivity index is 2.33. The first-order valence-electron chi connectivity index (χ1n) is 6.52. The minimum absolute atomic E-state index is 0.00577. The number of unbranched alkanes of at least 4 members (excludes halogenated alkanes) is 3. The molecular weight excluding hydrogens is 250 g/mol. The van der Waals surface area contributed by atoms with Crippen LogP contribution in [0.3, 0.4) is 0 Å². The molecule has 0 aliphatic carbocycles. The van der Waals surface area contributed by atoms with E-state index in [1.54, 1.807) is 4.68 Å². The number of aryl methyl sites for hydroxylation is 1. The van der Waals surface area contributed by atoms with E-state index < -0.39 is 0 Å². The number of amides is 1. The lowest BCUT2D eigenvalue weighted by molar-refractivity contribution is -0.121. The SMILES string of the molecule is CCCCCCNC(=O)Cn1nc(C)c(Cl)c1C. The minimum atomic E-state index is -0.00577. The van der Waals surface area contributed by atoms with Crippen LogP contribution in [0.4, 0.5) is 0 Å². The van der Waals surface area contributed by atoms with Crippen LogP contribution in [0.25, 0.3) is 0 Å². The average molecular weight is 272 g/mol. The molecule has 0 bridgehead atoms. The summed E-state index contributed by atoms with van der Waals surface area (Å²) in [5.41, 5.74) is 1.61. The number of nitrogens with zero attached hydrogens (tertiary/aromatic N) is 2. The third-order valence-electron chi connectivity index (χ3n) is 2.94. The maximum Gasteiger partial charge on any atom is 0.241 e. The van der Waals surface area contributed by atoms with Crippen LogP contribution < -0.4 is 5.32 Å². The quantitative estimate of drug-likeness (QED) is 0.775. The lowest BCUT2D eigenvalue weighted by atomic mass is 10.2. The van der Waals surface area contributed by atoms with Crippen molar-refractivity contribution < 1.29 is 4.79 Å². The molecule has 0 saturated carbocycles. The Morgan fingerprint density at radius 2 is 2.06 bits per heavy atom. The van der Waals surface area contributed by atoms with E-state index in [0.717, 1.165) is 24.4 Å². The number of hydrogen-bond donors (Lipinski definition) is 1. The van der Waals surface area contributed by atoms with Crippen LogP contribution in [0.1, 0.15) is 44.0 Å². The summed E-state index contributed by atoms with van der Waals surface area (Å²) >= 11 is 6.03. The molecule has 0 radical (unpaired) electrons. The minimum Gasteiger partial charge on any atom is -0.354 e. The van der Waals surface area contributed by atoms with E-state index in [1.807, 2.05) is 13.8 Å². The van der Waals surface area contributed by atoms with E-state index in [9.17, 15) is 4.79 Å². The number of nitrogens with one attached hydrogen (secondary N) is 1. The first-order valence-corrected chi connectivity index (χ1v) is 6.90. The zero-order valence-corrected chi connectivity index (χ0v) is 12.2. The normalized spacial score (nSPS) is 10.7. The predicted octanol–water partition coefficient (Wildman–Crippen LogP) is 2.85. The highest BCUT2D eigenvalue weighted by Crippen LogP contribution is 2.18. The Labute approximate surface area is 114 Å². The van der Waals surface area contributed by atoms with Gasteiger partial charge in [0.2, 0.25) is 5.91 Å². The number of carbonyl (C=O) groups is 1. The fourth-order valence-electron chi connectivity index (χ4n) is 1.80. The third-order valence-corrected chi connectivity index (χ3v) is 3.49. The molecule has 1 aromatic rings. The maximum atomic E-state index is 11.7. The van der Waals surface area contributed by atoms with Crippen molar-refractivity contribution in [3.63, 3.8) is 0 Å². The second-order valence-corrected chi connectivity index (χ2v) is 4.93. The molecule has 1 rings (SSSR count). The molecule has 102 valence electrons. The van der Waals surface area contributed by atoms with Crippen molar-refractivity contribution in [3.05, 3.63) is 16.4 Å². The van der Waals surface area contributed by atoms with Crippen molar-refractivity contribution in [2.45, 2.75) is 53.0 Å². The standard InChI is InChI=1S/C13H22ClN3O/c1-4-5-6-7-8-15-12(18)9-17-11(3)13(14)10(2)16-17/h4-9H2,1-3H3,(H,15,18). The largest absolute Gasteiger partial charge is 0.354 e. The molecule has 1 amide bonds. The van der Waals surface area contributed by atoms with Gasteiger partial charge in [-0.25, -0.2) is 0 Å². The fourth-order valence-corrected chi connectivity index (χ4v) is 1.94. The van der Waals surface area contributed by atoms with Gasteiger partial charge in [0.05, 0.1) is 16.4 Å².